The van der Waals surface area contributed by atoms with E-state index in [4.69, 9.17) is 4.74 Å². The van der Waals surface area contributed by atoms with E-state index in [-0.39, 0.29) is 12.3 Å². The number of imide groups is 1. The fourth-order valence-corrected chi connectivity index (χ4v) is 3.82. The van der Waals surface area contributed by atoms with Crippen LogP contribution in [0.3, 0.4) is 0 Å². The van der Waals surface area contributed by atoms with E-state index in [1.807, 2.05) is 24.3 Å². The first-order valence-electron chi connectivity index (χ1n) is 9.24. The van der Waals surface area contributed by atoms with E-state index in [1.54, 1.807) is 45.2 Å². The number of nitrogens with one attached hydrogen (secondary N) is 2. The number of ketones is 1. The van der Waals surface area contributed by atoms with Crippen molar-refractivity contribution in [3.05, 3.63) is 65.4 Å². The van der Waals surface area contributed by atoms with Crippen molar-refractivity contribution in [2.24, 2.45) is 0 Å². The molecule has 1 fully saturated rings. The first-order chi connectivity index (χ1) is 13.8. The number of hydrogen-bond donors (Lipinski definition) is 2. The zero-order valence-electron chi connectivity index (χ0n) is 16.4. The van der Waals surface area contributed by atoms with Gasteiger partial charge < -0.3 is 15.0 Å². The van der Waals surface area contributed by atoms with Crippen LogP contribution in [0.1, 0.15) is 28.5 Å². The molecule has 0 saturated carbocycles. The van der Waals surface area contributed by atoms with Gasteiger partial charge in [-0.05, 0) is 37.6 Å². The zero-order chi connectivity index (χ0) is 20.8. The Balaban J connectivity index is 1.62. The Kier molecular flexibility index (Phi) is 4.38. The van der Waals surface area contributed by atoms with Gasteiger partial charge in [0.2, 0.25) is 0 Å². The molecule has 0 bridgehead atoms. The Hall–Kier alpha value is -3.61. The van der Waals surface area contributed by atoms with Crippen molar-refractivity contribution < 1.29 is 19.1 Å². The first kappa shape index (κ1) is 18.7. The van der Waals surface area contributed by atoms with Crippen molar-refractivity contribution in [3.63, 3.8) is 0 Å². The van der Waals surface area contributed by atoms with E-state index in [0.29, 0.717) is 22.6 Å². The number of carbonyl (C=O) groups is 3. The van der Waals surface area contributed by atoms with Gasteiger partial charge in [0.05, 0.1) is 13.7 Å². The highest BCUT2D eigenvalue weighted by Gasteiger charge is 2.49. The van der Waals surface area contributed by atoms with Crippen LogP contribution >= 0.6 is 0 Å². The number of aromatic amines is 1. The second kappa shape index (κ2) is 6.77. The molecule has 7 heteroatoms. The quantitative estimate of drug-likeness (QED) is 0.516. The highest BCUT2D eigenvalue weighted by molar-refractivity contribution is 6.15. The number of ether oxygens (including phenoxy) is 1. The number of fused-ring (bicyclic) bond motifs is 1. The Bertz CT molecular complexity index is 1130. The number of hydrogen-bond acceptors (Lipinski definition) is 4. The van der Waals surface area contributed by atoms with Crippen molar-refractivity contribution in [2.75, 3.05) is 13.7 Å². The molecule has 1 atom stereocenters. The smallest absolute Gasteiger partial charge is 0.325 e. The number of para-hydroxylation sites is 1. The van der Waals surface area contributed by atoms with Gasteiger partial charge >= 0.3 is 6.03 Å². The second-order valence-corrected chi connectivity index (χ2v) is 7.27. The third-order valence-corrected chi connectivity index (χ3v) is 5.42. The molecule has 2 aromatic carbocycles. The van der Waals surface area contributed by atoms with Gasteiger partial charge in [-0.3, -0.25) is 14.5 Å². The van der Waals surface area contributed by atoms with Crippen molar-refractivity contribution >= 4 is 28.6 Å². The molecule has 2 N–H and O–H groups in total. The number of nitrogens with zero attached hydrogens (tertiary/aromatic N) is 1. The monoisotopic (exact) mass is 391 g/mol. The summed E-state index contributed by atoms with van der Waals surface area (Å²) in [4.78, 5) is 42.8. The van der Waals surface area contributed by atoms with Gasteiger partial charge in [0.25, 0.3) is 5.91 Å². The molecule has 29 heavy (non-hydrogen) atoms. The molecule has 0 unspecified atom stereocenters. The third kappa shape index (κ3) is 2.95. The van der Waals surface area contributed by atoms with E-state index < -0.39 is 17.5 Å². The van der Waals surface area contributed by atoms with Gasteiger partial charge in [-0.25, -0.2) is 4.79 Å². The largest absolute Gasteiger partial charge is 0.497 e. The average Bonchev–Trinajstić information content (AvgIpc) is 3.16. The second-order valence-electron chi connectivity index (χ2n) is 7.27. The van der Waals surface area contributed by atoms with Crippen molar-refractivity contribution in [1.29, 1.82) is 0 Å². The lowest BCUT2D eigenvalue weighted by Crippen LogP contribution is -2.41. The molecular formula is C22H21N3O4. The van der Waals surface area contributed by atoms with Crippen LogP contribution in [-0.2, 0) is 10.3 Å². The van der Waals surface area contributed by atoms with E-state index in [1.165, 1.54) is 0 Å². The molecule has 0 radical (unpaired) electrons. The van der Waals surface area contributed by atoms with Crippen LogP contribution in [0.2, 0.25) is 0 Å². The first-order valence-corrected chi connectivity index (χ1v) is 9.24. The maximum absolute atomic E-state index is 13.1. The summed E-state index contributed by atoms with van der Waals surface area (Å²) in [5.41, 5.74) is 1.43. The summed E-state index contributed by atoms with van der Waals surface area (Å²) in [7, 11) is 1.55. The predicted octanol–water partition coefficient (Wildman–Crippen LogP) is 3.13. The van der Waals surface area contributed by atoms with E-state index in [2.05, 4.69) is 10.3 Å². The summed E-state index contributed by atoms with van der Waals surface area (Å²) in [5, 5.41) is 3.50. The molecule has 1 aliphatic rings. The van der Waals surface area contributed by atoms with E-state index in [0.717, 1.165) is 15.8 Å². The van der Waals surface area contributed by atoms with Gasteiger partial charge in [-0.1, -0.05) is 30.3 Å². The van der Waals surface area contributed by atoms with Crippen LogP contribution in [0.4, 0.5) is 4.79 Å². The predicted molar refractivity (Wildman–Crippen MR) is 108 cm³/mol. The summed E-state index contributed by atoms with van der Waals surface area (Å²) < 4.78 is 5.14. The number of amides is 3. The van der Waals surface area contributed by atoms with Crippen LogP contribution in [0.25, 0.3) is 10.9 Å². The molecule has 148 valence electrons. The van der Waals surface area contributed by atoms with Gasteiger partial charge in [-0.2, -0.15) is 0 Å². The standard InChI is InChI=1S/C22H21N3O4/c1-13-19(16-6-4-5-7-17(16)23-13)18(26)12-25-20(27)22(2,24-21(25)28)14-8-10-15(29-3)11-9-14/h4-11,23H,12H2,1-3H3,(H,24,28)/t22-/m1/s1. The fourth-order valence-electron chi connectivity index (χ4n) is 3.82. The number of rotatable bonds is 5. The summed E-state index contributed by atoms with van der Waals surface area (Å²) in [6.07, 6.45) is 0. The molecule has 0 spiro atoms. The Morgan fingerprint density at radius 3 is 2.48 bits per heavy atom. The zero-order valence-corrected chi connectivity index (χ0v) is 16.4. The highest BCUT2D eigenvalue weighted by Crippen LogP contribution is 2.31. The number of urea groups is 1. The molecule has 0 aliphatic carbocycles. The minimum absolute atomic E-state index is 0.289. The maximum Gasteiger partial charge on any atom is 0.325 e. The molecule has 7 nitrogen and oxygen atoms in total. The van der Waals surface area contributed by atoms with Crippen LogP contribution < -0.4 is 10.1 Å². The Morgan fingerprint density at radius 1 is 1.10 bits per heavy atom. The van der Waals surface area contributed by atoms with Gasteiger partial charge in [-0.15, -0.1) is 0 Å². The van der Waals surface area contributed by atoms with Gasteiger partial charge in [0, 0.05) is 22.2 Å². The number of carbonyl (C=O) groups excluding carboxylic acids is 3. The molecule has 1 aromatic heterocycles. The fraction of sp³-hybridized carbons (Fsp3) is 0.227. The lowest BCUT2D eigenvalue weighted by Gasteiger charge is -2.22. The number of aromatic nitrogens is 1. The minimum Gasteiger partial charge on any atom is -0.497 e. The average molecular weight is 391 g/mol. The maximum atomic E-state index is 13.1. The molecule has 4 rings (SSSR count). The molecule has 1 aliphatic heterocycles. The minimum atomic E-state index is -1.24. The van der Waals surface area contributed by atoms with Crippen molar-refractivity contribution in [1.82, 2.24) is 15.2 Å². The number of methoxy groups -OCH3 is 1. The summed E-state index contributed by atoms with van der Waals surface area (Å²) in [6.45, 7) is 3.12. The van der Waals surface area contributed by atoms with Crippen LogP contribution in [0.15, 0.2) is 48.5 Å². The van der Waals surface area contributed by atoms with Crippen molar-refractivity contribution in [2.45, 2.75) is 19.4 Å². The number of Topliss-reactive ketones (excluding diaryl/α,β-unsaturated/α-hetero) is 1. The summed E-state index contributed by atoms with van der Waals surface area (Å²) >= 11 is 0. The highest BCUT2D eigenvalue weighted by atomic mass is 16.5. The Morgan fingerprint density at radius 2 is 1.79 bits per heavy atom. The van der Waals surface area contributed by atoms with Gasteiger partial charge in [0.1, 0.15) is 11.3 Å². The molecule has 3 amide bonds. The Labute approximate surface area is 167 Å². The normalized spacial score (nSPS) is 18.9. The number of H-pyrrole nitrogens is 1. The molecule has 2 heterocycles. The van der Waals surface area contributed by atoms with Crippen LogP contribution in [0, 0.1) is 6.92 Å². The van der Waals surface area contributed by atoms with Crippen LogP contribution in [0.5, 0.6) is 5.75 Å². The van der Waals surface area contributed by atoms with E-state index >= 15 is 0 Å². The topological polar surface area (TPSA) is 91.5 Å². The molecular weight excluding hydrogens is 370 g/mol. The molecule has 1 saturated heterocycles. The summed E-state index contributed by atoms with van der Waals surface area (Å²) in [6, 6.07) is 13.8. The van der Waals surface area contributed by atoms with Crippen molar-refractivity contribution in [3.8, 4) is 5.75 Å². The SMILES string of the molecule is COc1ccc([C@@]2(C)NC(=O)N(CC(=O)c3c(C)[nH]c4ccccc34)C2=O)cc1. The van der Waals surface area contributed by atoms with Crippen LogP contribution in [-0.4, -0.2) is 41.3 Å². The summed E-state index contributed by atoms with van der Waals surface area (Å²) in [5.74, 6) is -0.100. The lowest BCUT2D eigenvalue weighted by atomic mass is 9.92. The molecule has 3 aromatic rings. The van der Waals surface area contributed by atoms with E-state index in [9.17, 15) is 14.4 Å². The number of benzene rings is 2. The van der Waals surface area contributed by atoms with Gasteiger partial charge in [0.15, 0.2) is 5.78 Å². The lowest BCUT2D eigenvalue weighted by molar-refractivity contribution is -0.130. The number of aryl methyl sites for hydroxylation is 1. The third-order valence-electron chi connectivity index (χ3n) is 5.42.